The maximum Gasteiger partial charge on any atom is 0.269 e. The second-order valence-electron chi connectivity index (χ2n) is 5.55. The summed E-state index contributed by atoms with van der Waals surface area (Å²) in [5, 5.41) is 11.1. The number of aromatic nitrogens is 1. The molecule has 0 aliphatic carbocycles. The van der Waals surface area contributed by atoms with Gasteiger partial charge in [-0.3, -0.25) is 14.9 Å². The van der Waals surface area contributed by atoms with Crippen molar-refractivity contribution >= 4 is 40.5 Å². The molecule has 0 atom stereocenters. The molecule has 1 aliphatic heterocycles. The van der Waals surface area contributed by atoms with Crippen LogP contribution in [0.5, 0.6) is 0 Å². The van der Waals surface area contributed by atoms with Crippen LogP contribution in [0.2, 0.25) is 10.2 Å². The Morgan fingerprint density at radius 3 is 2.32 bits per heavy atom. The molecule has 0 saturated carbocycles. The van der Waals surface area contributed by atoms with Crippen molar-refractivity contribution in [1.29, 1.82) is 0 Å². The lowest BCUT2D eigenvalue weighted by molar-refractivity contribution is -0.384. The third kappa shape index (κ3) is 3.83. The van der Waals surface area contributed by atoms with E-state index in [-0.39, 0.29) is 21.8 Å². The van der Waals surface area contributed by atoms with Crippen LogP contribution in [0.1, 0.15) is 10.4 Å². The average molecular weight is 381 g/mol. The van der Waals surface area contributed by atoms with Crippen LogP contribution >= 0.6 is 23.2 Å². The zero-order valence-electron chi connectivity index (χ0n) is 13.1. The van der Waals surface area contributed by atoms with Crippen molar-refractivity contribution in [3.05, 3.63) is 62.4 Å². The number of hydrogen-bond donors (Lipinski definition) is 0. The Balaban J connectivity index is 1.64. The number of hydrogen-bond acceptors (Lipinski definition) is 5. The van der Waals surface area contributed by atoms with E-state index < -0.39 is 4.92 Å². The maximum absolute atomic E-state index is 12.5. The minimum atomic E-state index is -0.425. The van der Waals surface area contributed by atoms with Crippen LogP contribution in [0.15, 0.2) is 36.5 Å². The first kappa shape index (κ1) is 17.4. The molecule has 1 aromatic heterocycles. The van der Waals surface area contributed by atoms with Crippen molar-refractivity contribution in [2.75, 3.05) is 31.1 Å². The molecular weight excluding hydrogens is 367 g/mol. The Morgan fingerprint density at radius 2 is 1.76 bits per heavy atom. The number of amides is 1. The van der Waals surface area contributed by atoms with Crippen LogP contribution in [0.3, 0.4) is 0 Å². The van der Waals surface area contributed by atoms with Gasteiger partial charge in [-0.15, -0.1) is 0 Å². The summed E-state index contributed by atoms with van der Waals surface area (Å²) in [6.45, 7) is 2.35. The number of rotatable bonds is 3. The van der Waals surface area contributed by atoms with Gasteiger partial charge in [-0.25, -0.2) is 4.98 Å². The zero-order chi connectivity index (χ0) is 18.0. The molecule has 0 unspecified atom stereocenters. The Hall–Kier alpha value is -2.38. The number of carbonyl (C=O) groups excluding carboxylic acids is 1. The summed E-state index contributed by atoms with van der Waals surface area (Å²) in [6, 6.07) is 7.92. The Kier molecular flexibility index (Phi) is 5.06. The number of benzene rings is 1. The van der Waals surface area contributed by atoms with E-state index in [9.17, 15) is 14.9 Å². The number of nitro benzene ring substituents is 1. The number of non-ortho nitro benzene ring substituents is 1. The normalized spacial score (nSPS) is 14.5. The van der Waals surface area contributed by atoms with Gasteiger partial charge in [0.1, 0.15) is 5.15 Å². The first-order valence-electron chi connectivity index (χ1n) is 7.55. The van der Waals surface area contributed by atoms with E-state index >= 15 is 0 Å². The minimum absolute atomic E-state index is 0.0599. The molecule has 0 bridgehead atoms. The third-order valence-electron chi connectivity index (χ3n) is 4.04. The molecule has 1 aliphatic rings. The summed E-state index contributed by atoms with van der Waals surface area (Å²) in [5.74, 6) is -0.144. The highest BCUT2D eigenvalue weighted by atomic mass is 35.5. The lowest BCUT2D eigenvalue weighted by Crippen LogP contribution is -2.48. The van der Waals surface area contributed by atoms with Crippen LogP contribution < -0.4 is 4.90 Å². The Bertz CT molecular complexity index is 806. The standard InChI is InChI=1S/C16H14Cl2N4O3/c17-14-9-11(10-19-15(14)18)16(23)21-7-5-20(6-8-21)12-1-3-13(4-2-12)22(24)25/h1-4,9-10H,5-8H2. The van der Waals surface area contributed by atoms with Gasteiger partial charge in [-0.05, 0) is 18.2 Å². The Labute approximate surface area is 153 Å². The second kappa shape index (κ2) is 7.25. The largest absolute Gasteiger partial charge is 0.368 e. The zero-order valence-corrected chi connectivity index (χ0v) is 14.6. The molecule has 9 heteroatoms. The molecule has 1 saturated heterocycles. The minimum Gasteiger partial charge on any atom is -0.368 e. The first-order chi connectivity index (χ1) is 12.0. The van der Waals surface area contributed by atoms with Crippen molar-refractivity contribution in [2.24, 2.45) is 0 Å². The lowest BCUT2D eigenvalue weighted by Gasteiger charge is -2.36. The van der Waals surface area contributed by atoms with Gasteiger partial charge in [0, 0.05) is 50.2 Å². The average Bonchev–Trinajstić information content (AvgIpc) is 2.63. The van der Waals surface area contributed by atoms with Crippen molar-refractivity contribution in [2.45, 2.75) is 0 Å². The molecule has 25 heavy (non-hydrogen) atoms. The van der Waals surface area contributed by atoms with Gasteiger partial charge in [-0.1, -0.05) is 23.2 Å². The molecule has 1 fully saturated rings. The topological polar surface area (TPSA) is 79.6 Å². The van der Waals surface area contributed by atoms with Gasteiger partial charge in [0.25, 0.3) is 11.6 Å². The molecule has 1 aromatic carbocycles. The van der Waals surface area contributed by atoms with Crippen LogP contribution in [0, 0.1) is 10.1 Å². The Morgan fingerprint density at radius 1 is 1.12 bits per heavy atom. The van der Waals surface area contributed by atoms with Crippen molar-refractivity contribution < 1.29 is 9.72 Å². The summed E-state index contributed by atoms with van der Waals surface area (Å²) in [5.41, 5.74) is 1.36. The molecule has 0 spiro atoms. The number of carbonyl (C=O) groups is 1. The highest BCUT2D eigenvalue weighted by Gasteiger charge is 2.23. The quantitative estimate of drug-likeness (QED) is 0.463. The number of halogens is 2. The van der Waals surface area contributed by atoms with E-state index in [0.717, 1.165) is 5.69 Å². The SMILES string of the molecule is O=C(c1cnc(Cl)c(Cl)c1)N1CCN(c2ccc([N+](=O)[O-])cc2)CC1. The van der Waals surface area contributed by atoms with Crippen LogP contribution in [-0.2, 0) is 0 Å². The van der Waals surface area contributed by atoms with E-state index in [4.69, 9.17) is 23.2 Å². The van der Waals surface area contributed by atoms with Crippen LogP contribution in [0.25, 0.3) is 0 Å². The molecule has 7 nitrogen and oxygen atoms in total. The molecule has 0 N–H and O–H groups in total. The smallest absolute Gasteiger partial charge is 0.269 e. The summed E-state index contributed by atoms with van der Waals surface area (Å²) >= 11 is 11.7. The number of piperazine rings is 1. The predicted octanol–water partition coefficient (Wildman–Crippen LogP) is 3.26. The fraction of sp³-hybridized carbons (Fsp3) is 0.250. The highest BCUT2D eigenvalue weighted by molar-refractivity contribution is 6.41. The van der Waals surface area contributed by atoms with E-state index in [1.54, 1.807) is 17.0 Å². The number of anilines is 1. The molecular formula is C16H14Cl2N4O3. The van der Waals surface area contributed by atoms with Gasteiger partial charge in [0.15, 0.2) is 0 Å². The second-order valence-corrected chi connectivity index (χ2v) is 6.31. The summed E-state index contributed by atoms with van der Waals surface area (Å²) in [7, 11) is 0. The fourth-order valence-electron chi connectivity index (χ4n) is 2.67. The monoisotopic (exact) mass is 380 g/mol. The molecule has 2 heterocycles. The summed E-state index contributed by atoms with van der Waals surface area (Å²) in [4.78, 5) is 30.5. The third-order valence-corrected chi connectivity index (χ3v) is 4.72. The summed E-state index contributed by atoms with van der Waals surface area (Å²) < 4.78 is 0. The van der Waals surface area contributed by atoms with Crippen molar-refractivity contribution in [3.63, 3.8) is 0 Å². The van der Waals surface area contributed by atoms with E-state index in [0.29, 0.717) is 31.7 Å². The molecule has 2 aromatic rings. The molecule has 130 valence electrons. The van der Waals surface area contributed by atoms with Crippen LogP contribution in [-0.4, -0.2) is 46.9 Å². The van der Waals surface area contributed by atoms with Gasteiger partial charge in [-0.2, -0.15) is 0 Å². The maximum atomic E-state index is 12.5. The lowest BCUT2D eigenvalue weighted by atomic mass is 10.2. The predicted molar refractivity (Wildman–Crippen MR) is 95.5 cm³/mol. The first-order valence-corrected chi connectivity index (χ1v) is 8.31. The van der Waals surface area contributed by atoms with Crippen molar-refractivity contribution in [3.8, 4) is 0 Å². The number of nitrogens with zero attached hydrogens (tertiary/aromatic N) is 4. The van der Waals surface area contributed by atoms with Gasteiger partial charge in [0.05, 0.1) is 15.5 Å². The molecule has 3 rings (SSSR count). The molecule has 1 amide bonds. The fourth-order valence-corrected chi connectivity index (χ4v) is 2.94. The summed E-state index contributed by atoms with van der Waals surface area (Å²) in [6.07, 6.45) is 1.42. The van der Waals surface area contributed by atoms with Crippen molar-refractivity contribution in [1.82, 2.24) is 9.88 Å². The molecule has 0 radical (unpaired) electrons. The number of nitro groups is 1. The van der Waals surface area contributed by atoms with Gasteiger partial charge < -0.3 is 9.80 Å². The highest BCUT2D eigenvalue weighted by Crippen LogP contribution is 2.23. The number of pyridine rings is 1. The van der Waals surface area contributed by atoms with E-state index in [2.05, 4.69) is 9.88 Å². The van der Waals surface area contributed by atoms with Gasteiger partial charge in [0.2, 0.25) is 0 Å². The van der Waals surface area contributed by atoms with Gasteiger partial charge >= 0.3 is 0 Å². The van der Waals surface area contributed by atoms with E-state index in [1.165, 1.54) is 24.4 Å². The van der Waals surface area contributed by atoms with E-state index in [1.807, 2.05) is 0 Å². The van der Waals surface area contributed by atoms with Crippen LogP contribution in [0.4, 0.5) is 11.4 Å².